The number of H-pyrrole nitrogens is 1. The molecular formula is C21H29FN4O. The lowest BCUT2D eigenvalue weighted by molar-refractivity contribution is 0.0268. The van der Waals surface area contributed by atoms with Gasteiger partial charge in [0.05, 0.1) is 11.9 Å². The van der Waals surface area contributed by atoms with Crippen molar-refractivity contribution in [3.05, 3.63) is 41.8 Å². The lowest BCUT2D eigenvalue weighted by Crippen LogP contribution is -2.56. The first-order valence-corrected chi connectivity index (χ1v) is 10.1. The standard InChI is InChI=1S/C21H29FN4O/c22-18-7-5-16(6-8-18)21-17(13-23-24-21)14-25-10-11-26(19-3-1-2-4-19)20(15-25)9-12-27/h5-8,13,19-20,27H,1-4,9-12,14-15H2,(H,23,24)/t20-/m1/s1. The molecule has 2 fully saturated rings. The third-order valence-electron chi connectivity index (χ3n) is 6.11. The Bertz CT molecular complexity index is 726. The van der Waals surface area contributed by atoms with Crippen LogP contribution in [0.25, 0.3) is 11.3 Å². The summed E-state index contributed by atoms with van der Waals surface area (Å²) in [5.41, 5.74) is 3.06. The molecule has 2 aliphatic rings. The van der Waals surface area contributed by atoms with Crippen molar-refractivity contribution >= 4 is 0 Å². The van der Waals surface area contributed by atoms with Crippen molar-refractivity contribution in [2.75, 3.05) is 26.2 Å². The molecule has 0 bridgehead atoms. The van der Waals surface area contributed by atoms with Gasteiger partial charge in [-0.1, -0.05) is 12.8 Å². The molecule has 146 valence electrons. The highest BCUT2D eigenvalue weighted by Gasteiger charge is 2.33. The van der Waals surface area contributed by atoms with Gasteiger partial charge in [0, 0.05) is 56.0 Å². The van der Waals surface area contributed by atoms with Gasteiger partial charge in [-0.2, -0.15) is 5.10 Å². The average Bonchev–Trinajstić information content (AvgIpc) is 3.35. The lowest BCUT2D eigenvalue weighted by atomic mass is 10.0. The van der Waals surface area contributed by atoms with Gasteiger partial charge in [-0.25, -0.2) is 4.39 Å². The van der Waals surface area contributed by atoms with E-state index in [2.05, 4.69) is 20.0 Å². The van der Waals surface area contributed by atoms with Crippen LogP contribution in [-0.4, -0.2) is 63.4 Å². The molecule has 2 aromatic rings. The Morgan fingerprint density at radius 3 is 2.67 bits per heavy atom. The summed E-state index contributed by atoms with van der Waals surface area (Å²) in [4.78, 5) is 5.11. The zero-order chi connectivity index (χ0) is 18.6. The van der Waals surface area contributed by atoms with E-state index in [0.717, 1.165) is 49.4 Å². The van der Waals surface area contributed by atoms with Crippen LogP contribution < -0.4 is 0 Å². The maximum Gasteiger partial charge on any atom is 0.123 e. The maximum absolute atomic E-state index is 13.2. The van der Waals surface area contributed by atoms with Crippen molar-refractivity contribution in [1.29, 1.82) is 0 Å². The molecular weight excluding hydrogens is 343 g/mol. The van der Waals surface area contributed by atoms with Crippen molar-refractivity contribution in [1.82, 2.24) is 20.0 Å². The average molecular weight is 372 g/mol. The van der Waals surface area contributed by atoms with Crippen LogP contribution >= 0.6 is 0 Å². The summed E-state index contributed by atoms with van der Waals surface area (Å²) >= 11 is 0. The number of aliphatic hydroxyl groups excluding tert-OH is 1. The fourth-order valence-electron chi connectivity index (χ4n) is 4.74. The van der Waals surface area contributed by atoms with Gasteiger partial charge in [0.25, 0.3) is 0 Å². The van der Waals surface area contributed by atoms with E-state index < -0.39 is 0 Å². The predicted molar refractivity (Wildman–Crippen MR) is 104 cm³/mol. The Labute approximate surface area is 160 Å². The fraction of sp³-hybridized carbons (Fsp3) is 0.571. The number of nitrogens with one attached hydrogen (secondary N) is 1. The Morgan fingerprint density at radius 2 is 1.93 bits per heavy atom. The minimum absolute atomic E-state index is 0.227. The first-order valence-electron chi connectivity index (χ1n) is 10.1. The predicted octanol–water partition coefficient (Wildman–Crippen LogP) is 3.03. The molecule has 0 radical (unpaired) electrons. The van der Waals surface area contributed by atoms with Gasteiger partial charge in [-0.05, 0) is 43.5 Å². The van der Waals surface area contributed by atoms with E-state index in [1.165, 1.54) is 37.8 Å². The van der Waals surface area contributed by atoms with Crippen LogP contribution in [0, 0.1) is 5.82 Å². The summed E-state index contributed by atoms with van der Waals surface area (Å²) in [6, 6.07) is 7.67. The van der Waals surface area contributed by atoms with E-state index >= 15 is 0 Å². The topological polar surface area (TPSA) is 55.4 Å². The molecule has 6 heteroatoms. The van der Waals surface area contributed by atoms with Crippen LogP contribution in [0.5, 0.6) is 0 Å². The van der Waals surface area contributed by atoms with E-state index in [-0.39, 0.29) is 12.4 Å². The number of aliphatic hydroxyl groups is 1. The Hall–Kier alpha value is -1.76. The van der Waals surface area contributed by atoms with Crippen LogP contribution in [0.15, 0.2) is 30.5 Å². The second-order valence-corrected chi connectivity index (χ2v) is 7.85. The first kappa shape index (κ1) is 18.6. The molecule has 0 amide bonds. The van der Waals surface area contributed by atoms with Gasteiger partial charge in [0.2, 0.25) is 0 Å². The summed E-state index contributed by atoms with van der Waals surface area (Å²) in [6.07, 6.45) is 8.00. The zero-order valence-corrected chi connectivity index (χ0v) is 15.8. The summed E-state index contributed by atoms with van der Waals surface area (Å²) in [5, 5.41) is 16.8. The molecule has 1 aromatic heterocycles. The molecule has 1 aromatic carbocycles. The van der Waals surface area contributed by atoms with E-state index in [1.807, 2.05) is 6.20 Å². The van der Waals surface area contributed by atoms with Crippen molar-refractivity contribution in [2.45, 2.75) is 50.7 Å². The Kier molecular flexibility index (Phi) is 5.86. The summed E-state index contributed by atoms with van der Waals surface area (Å²) < 4.78 is 13.2. The summed E-state index contributed by atoms with van der Waals surface area (Å²) in [5.74, 6) is -0.227. The molecule has 4 rings (SSSR count). The van der Waals surface area contributed by atoms with Crippen LogP contribution in [0.4, 0.5) is 4.39 Å². The van der Waals surface area contributed by atoms with Gasteiger partial charge in [-0.3, -0.25) is 14.9 Å². The number of nitrogens with zero attached hydrogens (tertiary/aromatic N) is 3. The van der Waals surface area contributed by atoms with Crippen LogP contribution in [0.2, 0.25) is 0 Å². The Morgan fingerprint density at radius 1 is 1.15 bits per heavy atom. The lowest BCUT2D eigenvalue weighted by Gasteiger charge is -2.44. The largest absolute Gasteiger partial charge is 0.396 e. The van der Waals surface area contributed by atoms with E-state index in [1.54, 1.807) is 12.1 Å². The van der Waals surface area contributed by atoms with Crippen LogP contribution in [0.1, 0.15) is 37.7 Å². The minimum atomic E-state index is -0.227. The third kappa shape index (κ3) is 4.23. The van der Waals surface area contributed by atoms with Gasteiger partial charge in [0.15, 0.2) is 0 Å². The molecule has 5 nitrogen and oxygen atoms in total. The maximum atomic E-state index is 13.2. The zero-order valence-electron chi connectivity index (χ0n) is 15.8. The summed E-state index contributed by atoms with van der Waals surface area (Å²) in [7, 11) is 0. The monoisotopic (exact) mass is 372 g/mol. The van der Waals surface area contributed by atoms with Crippen LogP contribution in [0.3, 0.4) is 0 Å². The highest BCUT2D eigenvalue weighted by molar-refractivity contribution is 5.62. The van der Waals surface area contributed by atoms with Crippen molar-refractivity contribution in [3.8, 4) is 11.3 Å². The Balaban J connectivity index is 1.44. The molecule has 1 saturated carbocycles. The second kappa shape index (κ2) is 8.50. The highest BCUT2D eigenvalue weighted by atomic mass is 19.1. The third-order valence-corrected chi connectivity index (χ3v) is 6.11. The van der Waals surface area contributed by atoms with E-state index in [4.69, 9.17) is 0 Å². The molecule has 27 heavy (non-hydrogen) atoms. The molecule has 0 unspecified atom stereocenters. The number of piperazine rings is 1. The molecule has 2 heterocycles. The van der Waals surface area contributed by atoms with Gasteiger partial charge >= 0.3 is 0 Å². The van der Waals surface area contributed by atoms with Crippen LogP contribution in [-0.2, 0) is 6.54 Å². The fourth-order valence-corrected chi connectivity index (χ4v) is 4.74. The molecule has 1 aliphatic heterocycles. The number of aromatic amines is 1. The normalized spacial score (nSPS) is 22.5. The highest BCUT2D eigenvalue weighted by Crippen LogP contribution is 2.29. The van der Waals surface area contributed by atoms with Gasteiger partial charge in [-0.15, -0.1) is 0 Å². The molecule has 1 aliphatic carbocycles. The second-order valence-electron chi connectivity index (χ2n) is 7.85. The number of hydrogen-bond donors (Lipinski definition) is 2. The first-order chi connectivity index (χ1) is 13.2. The number of hydrogen-bond acceptors (Lipinski definition) is 4. The molecule has 1 saturated heterocycles. The quantitative estimate of drug-likeness (QED) is 0.818. The van der Waals surface area contributed by atoms with Gasteiger partial charge < -0.3 is 5.11 Å². The number of halogens is 1. The minimum Gasteiger partial charge on any atom is -0.396 e. The number of benzene rings is 1. The smallest absolute Gasteiger partial charge is 0.123 e. The van der Waals surface area contributed by atoms with Crippen molar-refractivity contribution in [3.63, 3.8) is 0 Å². The summed E-state index contributed by atoms with van der Waals surface area (Å²) in [6.45, 7) is 4.15. The molecule has 0 spiro atoms. The molecule has 1 atom stereocenters. The van der Waals surface area contributed by atoms with E-state index in [0.29, 0.717) is 12.1 Å². The van der Waals surface area contributed by atoms with Crippen molar-refractivity contribution in [2.24, 2.45) is 0 Å². The number of rotatable bonds is 6. The molecule has 2 N–H and O–H groups in total. The van der Waals surface area contributed by atoms with Crippen molar-refractivity contribution < 1.29 is 9.50 Å². The number of aromatic nitrogens is 2. The SMILES string of the molecule is OCC[C@@H]1CN(Cc2cn[nH]c2-c2ccc(F)cc2)CCN1C1CCCC1. The van der Waals surface area contributed by atoms with Gasteiger partial charge in [0.1, 0.15) is 5.82 Å². The van der Waals surface area contributed by atoms with E-state index in [9.17, 15) is 9.50 Å².